The Morgan fingerprint density at radius 3 is 2.09 bits per heavy atom. The molecule has 6 aromatic rings. The minimum Gasteiger partial charge on any atom is -0.352 e. The predicted molar refractivity (Wildman–Crippen MR) is 270 cm³/mol. The number of nitrogens with one attached hydrogen (secondary N) is 1. The summed E-state index contributed by atoms with van der Waals surface area (Å²) in [4.78, 5) is 15.2. The van der Waals surface area contributed by atoms with E-state index in [2.05, 4.69) is 178 Å². The van der Waals surface area contributed by atoms with Crippen LogP contribution in [0.15, 0.2) is 145 Å². The van der Waals surface area contributed by atoms with Gasteiger partial charge < -0.3 is 10.2 Å². The van der Waals surface area contributed by atoms with Crippen molar-refractivity contribution in [1.82, 2.24) is 25.7 Å². The van der Waals surface area contributed by atoms with Gasteiger partial charge in [0.1, 0.15) is 6.54 Å². The third-order valence-electron chi connectivity index (χ3n) is 13.1. The van der Waals surface area contributed by atoms with E-state index in [1.54, 1.807) is 6.92 Å². The number of aromatic nitrogens is 4. The number of allylic oxidation sites excluding steroid dienone is 8. The van der Waals surface area contributed by atoms with E-state index in [0.29, 0.717) is 44.0 Å². The number of unbranched alkanes of at least 4 members (excludes halogenated alkanes) is 3. The fourth-order valence-electron chi connectivity index (χ4n) is 9.78. The third-order valence-corrected chi connectivity index (χ3v) is 13.9. The summed E-state index contributed by atoms with van der Waals surface area (Å²) in [5.74, 6) is 0.792. The lowest BCUT2D eigenvalue weighted by Crippen LogP contribution is -2.28. The van der Waals surface area contributed by atoms with E-state index in [0.717, 1.165) is 48.3 Å². The van der Waals surface area contributed by atoms with E-state index in [1.165, 1.54) is 44.1 Å². The van der Waals surface area contributed by atoms with E-state index in [1.807, 2.05) is 24.3 Å². The summed E-state index contributed by atoms with van der Waals surface area (Å²) in [6, 6.07) is 33.6. The molecule has 0 atom stereocenters. The van der Waals surface area contributed by atoms with Crippen LogP contribution in [0.4, 0.5) is 11.4 Å². The van der Waals surface area contributed by atoms with Gasteiger partial charge in [-0.3, -0.25) is 9.35 Å². The minimum absolute atomic E-state index is 0.0439. The molecule has 0 bridgehead atoms. The number of hydrogen-bond acceptors (Lipinski definition) is 8. The van der Waals surface area contributed by atoms with Gasteiger partial charge in [0.2, 0.25) is 17.4 Å². The van der Waals surface area contributed by atoms with Crippen LogP contribution in [0.5, 0.6) is 0 Å². The van der Waals surface area contributed by atoms with E-state index >= 15 is 0 Å². The average molecular weight is 915 g/mol. The lowest BCUT2D eigenvalue weighted by atomic mass is 9.79. The second kappa shape index (κ2) is 20.1. The first kappa shape index (κ1) is 46.9. The molecule has 0 spiro atoms. The normalized spacial score (nSPS) is 16.1. The number of carbonyl (C=O) groups excluding carboxylic acids is 1. The summed E-state index contributed by atoms with van der Waals surface area (Å²) in [6.07, 6.45) is 19.0. The average Bonchev–Trinajstić information content (AvgIpc) is 3.67. The van der Waals surface area contributed by atoms with E-state index < -0.39 is 10.1 Å². The second-order valence-corrected chi connectivity index (χ2v) is 20.1. The fraction of sp³-hybridized carbons (Fsp3) is 0.309. The Labute approximate surface area is 394 Å². The third kappa shape index (κ3) is 10.5. The number of rotatable bonds is 18. The maximum Gasteiger partial charge on any atom is 0.264 e. The first-order chi connectivity index (χ1) is 32.2. The van der Waals surface area contributed by atoms with Crippen LogP contribution < -0.4 is 10.2 Å². The van der Waals surface area contributed by atoms with Gasteiger partial charge in [-0.1, -0.05) is 123 Å². The molecule has 8 rings (SSSR count). The van der Waals surface area contributed by atoms with Gasteiger partial charge in [-0.15, -0.1) is 20.4 Å². The van der Waals surface area contributed by atoms with Crippen LogP contribution in [-0.4, -0.2) is 68.4 Å². The molecule has 2 N–H and O–H groups in total. The molecule has 0 saturated heterocycles. The Bertz CT molecular complexity index is 3060. The summed E-state index contributed by atoms with van der Waals surface area (Å²) >= 11 is 0. The number of hydrogen-bond donors (Lipinski definition) is 2. The SMILES string of the molecule is Cc1nnc(-c2ccc(CNC(=O)CCCCC[N+]3=C(C=CC=CC=CC=C4N(CCCCS(=O)(=O)O)c5ccc6ccccc6c5C4(C)C)C(C)(C)c4c3ccc3ccccc43)cc2)nn1. The molecule has 0 unspecified atom stereocenters. The molecule has 344 valence electrons. The number of aryl methyl sites for hydroxylation is 1. The molecule has 1 aromatic heterocycles. The first-order valence-corrected chi connectivity index (χ1v) is 24.9. The molecular weight excluding hydrogens is 855 g/mol. The Kier molecular flexibility index (Phi) is 14.1. The Balaban J connectivity index is 0.929. The molecule has 0 saturated carbocycles. The lowest BCUT2D eigenvalue weighted by molar-refractivity contribution is -0.438. The summed E-state index contributed by atoms with van der Waals surface area (Å²) in [7, 11) is -4.01. The van der Waals surface area contributed by atoms with Gasteiger partial charge in [0, 0.05) is 66.0 Å². The largest absolute Gasteiger partial charge is 0.352 e. The number of benzene rings is 5. The first-order valence-electron chi connectivity index (χ1n) is 23.3. The van der Waals surface area contributed by atoms with Crippen molar-refractivity contribution >= 4 is 54.7 Å². The maximum atomic E-state index is 12.9. The van der Waals surface area contributed by atoms with Gasteiger partial charge in [0.25, 0.3) is 10.1 Å². The molecule has 3 heterocycles. The fourth-order valence-corrected chi connectivity index (χ4v) is 10.3. The quantitative estimate of drug-likeness (QED) is 0.0373. The van der Waals surface area contributed by atoms with Crippen LogP contribution in [-0.2, 0) is 32.3 Å². The molecule has 2 aliphatic rings. The van der Waals surface area contributed by atoms with Crippen LogP contribution in [0.1, 0.15) is 88.7 Å². The standard InChI is InChI=1S/C55H59N7O4S/c1-39-57-59-53(60-58-39)43-29-27-40(28-30-43)38-56-50(63)26-12-9-17-35-61-46-33-31-41-20-13-15-22-44(41)51(46)54(2,3)48(61)24-10-7-6-8-11-25-49-55(4,5)52-45-23-16-14-21-42(45)32-34-47(52)62(49)36-18-19-37-67(64,65)66/h6-8,10-11,13-16,20-25,27-34H,9,12,17-19,26,35-38H2,1-5H3,(H-,56,63,64,65,66)/p+1. The van der Waals surface area contributed by atoms with Crippen molar-refractivity contribution in [2.75, 3.05) is 23.7 Å². The van der Waals surface area contributed by atoms with Crippen molar-refractivity contribution in [2.45, 2.75) is 90.5 Å². The Hall–Kier alpha value is -6.63. The monoisotopic (exact) mass is 914 g/mol. The maximum absolute atomic E-state index is 12.9. The van der Waals surface area contributed by atoms with Crippen LogP contribution in [0.2, 0.25) is 0 Å². The molecule has 0 radical (unpaired) electrons. The number of fused-ring (bicyclic) bond motifs is 6. The molecule has 12 heteroatoms. The van der Waals surface area contributed by atoms with Gasteiger partial charge >= 0.3 is 0 Å². The van der Waals surface area contributed by atoms with E-state index in [9.17, 15) is 17.8 Å². The second-order valence-electron chi connectivity index (χ2n) is 18.5. The zero-order valence-corrected chi connectivity index (χ0v) is 39.9. The lowest BCUT2D eigenvalue weighted by Gasteiger charge is -2.27. The van der Waals surface area contributed by atoms with Crippen LogP contribution in [0, 0.1) is 6.92 Å². The molecule has 5 aromatic carbocycles. The predicted octanol–water partition coefficient (Wildman–Crippen LogP) is 10.8. The highest BCUT2D eigenvalue weighted by atomic mass is 32.2. The molecule has 0 aliphatic carbocycles. The van der Waals surface area contributed by atoms with Crippen LogP contribution in [0.3, 0.4) is 0 Å². The smallest absolute Gasteiger partial charge is 0.264 e. The highest BCUT2D eigenvalue weighted by molar-refractivity contribution is 7.85. The molecular formula is C55H60N7O4S+. The van der Waals surface area contributed by atoms with Crippen molar-refractivity contribution in [3.05, 3.63) is 168 Å². The summed E-state index contributed by atoms with van der Waals surface area (Å²) in [5.41, 5.74) is 8.64. The van der Waals surface area contributed by atoms with Gasteiger partial charge in [0.15, 0.2) is 11.5 Å². The van der Waals surface area contributed by atoms with Gasteiger partial charge in [0.05, 0.1) is 11.2 Å². The summed E-state index contributed by atoms with van der Waals surface area (Å²) in [6.45, 7) is 12.8. The van der Waals surface area contributed by atoms with Crippen molar-refractivity contribution in [3.63, 3.8) is 0 Å². The topological polar surface area (TPSA) is 141 Å². The zero-order valence-electron chi connectivity index (χ0n) is 39.1. The van der Waals surface area contributed by atoms with Gasteiger partial charge in [-0.2, -0.15) is 13.0 Å². The number of carbonyl (C=O) groups is 1. The van der Waals surface area contributed by atoms with E-state index in [4.69, 9.17) is 0 Å². The Morgan fingerprint density at radius 2 is 1.37 bits per heavy atom. The van der Waals surface area contributed by atoms with Crippen molar-refractivity contribution in [2.24, 2.45) is 0 Å². The van der Waals surface area contributed by atoms with Crippen LogP contribution >= 0.6 is 0 Å². The molecule has 1 amide bonds. The Morgan fingerprint density at radius 1 is 0.716 bits per heavy atom. The number of anilines is 1. The van der Waals surface area contributed by atoms with Crippen molar-refractivity contribution < 1.29 is 22.3 Å². The highest BCUT2D eigenvalue weighted by Gasteiger charge is 2.45. The number of amides is 1. The zero-order chi connectivity index (χ0) is 47.2. The van der Waals surface area contributed by atoms with Crippen LogP contribution in [0.25, 0.3) is 32.9 Å². The minimum atomic E-state index is -4.01. The van der Waals surface area contributed by atoms with Gasteiger partial charge in [-0.25, -0.2) is 0 Å². The van der Waals surface area contributed by atoms with Crippen molar-refractivity contribution in [1.29, 1.82) is 0 Å². The number of nitrogens with zero attached hydrogens (tertiary/aromatic N) is 6. The molecule has 67 heavy (non-hydrogen) atoms. The van der Waals surface area contributed by atoms with Gasteiger partial charge in [-0.05, 0) is 97.3 Å². The molecule has 11 nitrogen and oxygen atoms in total. The van der Waals surface area contributed by atoms with Crippen molar-refractivity contribution in [3.8, 4) is 11.4 Å². The van der Waals surface area contributed by atoms with E-state index in [-0.39, 0.29) is 22.5 Å². The summed E-state index contributed by atoms with van der Waals surface area (Å²) in [5, 5.41) is 24.1. The molecule has 0 fully saturated rings. The highest BCUT2D eigenvalue weighted by Crippen LogP contribution is 2.51. The summed E-state index contributed by atoms with van der Waals surface area (Å²) < 4.78 is 34.8. The molecule has 2 aliphatic heterocycles.